The van der Waals surface area contributed by atoms with Crippen molar-refractivity contribution in [3.63, 3.8) is 0 Å². The average Bonchev–Trinajstić information content (AvgIpc) is 3.04. The van der Waals surface area contributed by atoms with Crippen LogP contribution in [-0.4, -0.2) is 54.8 Å². The number of methoxy groups -OCH3 is 1. The molecule has 2 rings (SSSR count). The Hall–Kier alpha value is -1.63. The van der Waals surface area contributed by atoms with Gasteiger partial charge in [0.2, 0.25) is 17.8 Å². The first-order valence-corrected chi connectivity index (χ1v) is 7.81. The molecule has 0 spiro atoms. The second-order valence-electron chi connectivity index (χ2n) is 5.18. The smallest absolute Gasteiger partial charge is 0.231 e. The third kappa shape index (κ3) is 5.00. The molecule has 2 N–H and O–H groups in total. The maximum Gasteiger partial charge on any atom is 0.231 e. The van der Waals surface area contributed by atoms with Crippen molar-refractivity contribution < 1.29 is 4.74 Å². The molecule has 0 amide bonds. The lowest BCUT2D eigenvalue weighted by Crippen LogP contribution is -2.22. The van der Waals surface area contributed by atoms with Gasteiger partial charge in [-0.15, -0.1) is 0 Å². The molecule has 7 heteroatoms. The molecule has 0 unspecified atom stereocenters. The van der Waals surface area contributed by atoms with Gasteiger partial charge in [-0.25, -0.2) is 0 Å². The van der Waals surface area contributed by atoms with Gasteiger partial charge in [0.05, 0.1) is 0 Å². The van der Waals surface area contributed by atoms with Gasteiger partial charge in [0.1, 0.15) is 0 Å². The summed E-state index contributed by atoms with van der Waals surface area (Å²) < 4.78 is 5.05. The summed E-state index contributed by atoms with van der Waals surface area (Å²) in [6, 6.07) is 0. The molecule has 2 heterocycles. The number of anilines is 3. The fraction of sp³-hybridized carbons (Fsp3) is 0.786. The van der Waals surface area contributed by atoms with Crippen LogP contribution in [0.4, 0.5) is 17.8 Å². The summed E-state index contributed by atoms with van der Waals surface area (Å²) in [5.41, 5.74) is 0. The van der Waals surface area contributed by atoms with Crippen LogP contribution in [0.2, 0.25) is 0 Å². The van der Waals surface area contributed by atoms with E-state index < -0.39 is 0 Å². The minimum atomic E-state index is 0.640. The number of aromatic nitrogens is 3. The molecule has 0 radical (unpaired) electrons. The fourth-order valence-corrected chi connectivity index (χ4v) is 2.23. The van der Waals surface area contributed by atoms with Gasteiger partial charge >= 0.3 is 0 Å². The zero-order chi connectivity index (χ0) is 14.9. The van der Waals surface area contributed by atoms with Crippen molar-refractivity contribution in [2.45, 2.75) is 32.6 Å². The summed E-state index contributed by atoms with van der Waals surface area (Å²) in [7, 11) is 1.71. The van der Waals surface area contributed by atoms with Crippen molar-refractivity contribution in [3.05, 3.63) is 0 Å². The first kappa shape index (κ1) is 15.8. The Balaban J connectivity index is 2.04. The minimum Gasteiger partial charge on any atom is -0.385 e. The highest BCUT2D eigenvalue weighted by Crippen LogP contribution is 2.18. The Morgan fingerprint density at radius 1 is 1.05 bits per heavy atom. The average molecular weight is 294 g/mol. The van der Waals surface area contributed by atoms with Gasteiger partial charge in [-0.2, -0.15) is 15.0 Å². The van der Waals surface area contributed by atoms with Crippen molar-refractivity contribution >= 4 is 17.8 Å². The summed E-state index contributed by atoms with van der Waals surface area (Å²) in [4.78, 5) is 15.7. The van der Waals surface area contributed by atoms with E-state index in [1.807, 2.05) is 0 Å². The van der Waals surface area contributed by atoms with E-state index in [1.54, 1.807) is 7.11 Å². The highest BCUT2D eigenvalue weighted by molar-refractivity contribution is 5.44. The number of nitrogens with one attached hydrogen (secondary N) is 2. The first-order valence-electron chi connectivity index (χ1n) is 7.81. The van der Waals surface area contributed by atoms with Gasteiger partial charge in [-0.3, -0.25) is 0 Å². The standard InChI is InChI=1S/C14H26N6O/c1-3-7-15-12-17-13(16-8-6-11-21-2)19-14(18-12)20-9-4-5-10-20/h3-11H2,1-2H3,(H2,15,16,17,18,19). The van der Waals surface area contributed by atoms with Crippen molar-refractivity contribution in [2.75, 3.05) is 55.4 Å². The second-order valence-corrected chi connectivity index (χ2v) is 5.18. The van der Waals surface area contributed by atoms with Gasteiger partial charge in [-0.05, 0) is 25.7 Å². The molecule has 1 aliphatic rings. The lowest BCUT2D eigenvalue weighted by atomic mass is 10.4. The van der Waals surface area contributed by atoms with Crippen molar-refractivity contribution in [1.29, 1.82) is 0 Å². The van der Waals surface area contributed by atoms with Gasteiger partial charge < -0.3 is 20.3 Å². The van der Waals surface area contributed by atoms with Gasteiger partial charge in [-0.1, -0.05) is 6.92 Å². The van der Waals surface area contributed by atoms with Crippen LogP contribution in [0.25, 0.3) is 0 Å². The predicted octanol–water partition coefficient (Wildman–Crippen LogP) is 1.74. The molecule has 118 valence electrons. The maximum absolute atomic E-state index is 5.05. The Morgan fingerprint density at radius 3 is 2.33 bits per heavy atom. The summed E-state index contributed by atoms with van der Waals surface area (Å²) in [5, 5.41) is 6.50. The third-order valence-electron chi connectivity index (χ3n) is 3.35. The van der Waals surface area contributed by atoms with Crippen LogP contribution in [0.1, 0.15) is 32.6 Å². The molecular formula is C14H26N6O. The van der Waals surface area contributed by atoms with Crippen LogP contribution >= 0.6 is 0 Å². The molecule has 0 aromatic carbocycles. The minimum absolute atomic E-state index is 0.640. The molecule has 21 heavy (non-hydrogen) atoms. The third-order valence-corrected chi connectivity index (χ3v) is 3.35. The van der Waals surface area contributed by atoms with Gasteiger partial charge in [0.25, 0.3) is 0 Å². The molecule has 1 aromatic heterocycles. The van der Waals surface area contributed by atoms with Crippen LogP contribution in [0.5, 0.6) is 0 Å². The zero-order valence-electron chi connectivity index (χ0n) is 13.1. The van der Waals surface area contributed by atoms with Crippen LogP contribution in [0.15, 0.2) is 0 Å². The quantitative estimate of drug-likeness (QED) is 0.672. The van der Waals surface area contributed by atoms with E-state index in [9.17, 15) is 0 Å². The van der Waals surface area contributed by atoms with E-state index in [1.165, 1.54) is 12.8 Å². The van der Waals surface area contributed by atoms with Crippen molar-refractivity contribution in [1.82, 2.24) is 15.0 Å². The topological polar surface area (TPSA) is 75.2 Å². The Labute approximate surface area is 126 Å². The van der Waals surface area contributed by atoms with E-state index in [4.69, 9.17) is 4.74 Å². The van der Waals surface area contributed by atoms with E-state index in [2.05, 4.69) is 37.4 Å². The number of hydrogen-bond donors (Lipinski definition) is 2. The summed E-state index contributed by atoms with van der Waals surface area (Å²) in [6.07, 6.45) is 4.39. The maximum atomic E-state index is 5.05. The molecule has 0 aliphatic carbocycles. The summed E-state index contributed by atoms with van der Waals surface area (Å²) >= 11 is 0. The molecule has 1 aliphatic heterocycles. The SMILES string of the molecule is CCCNc1nc(NCCCOC)nc(N2CCCC2)n1. The molecule has 7 nitrogen and oxygen atoms in total. The zero-order valence-corrected chi connectivity index (χ0v) is 13.1. The summed E-state index contributed by atoms with van der Waals surface area (Å²) in [5.74, 6) is 2.07. The lowest BCUT2D eigenvalue weighted by molar-refractivity contribution is 0.197. The molecule has 1 saturated heterocycles. The van der Waals surface area contributed by atoms with E-state index in [-0.39, 0.29) is 0 Å². The van der Waals surface area contributed by atoms with E-state index in [0.29, 0.717) is 11.9 Å². The number of rotatable bonds is 9. The summed E-state index contributed by atoms with van der Waals surface area (Å²) in [6.45, 7) is 6.58. The molecule has 0 atom stereocenters. The van der Waals surface area contributed by atoms with Crippen LogP contribution in [0.3, 0.4) is 0 Å². The number of ether oxygens (including phenoxy) is 1. The highest BCUT2D eigenvalue weighted by atomic mass is 16.5. The molecule has 0 bridgehead atoms. The normalized spacial score (nSPS) is 14.5. The molecule has 1 aromatic rings. The molecule has 0 saturated carbocycles. The number of hydrogen-bond acceptors (Lipinski definition) is 7. The van der Waals surface area contributed by atoms with Crippen LogP contribution in [-0.2, 0) is 4.74 Å². The lowest BCUT2D eigenvalue weighted by Gasteiger charge is -2.17. The van der Waals surface area contributed by atoms with Crippen molar-refractivity contribution in [2.24, 2.45) is 0 Å². The molecular weight excluding hydrogens is 268 g/mol. The van der Waals surface area contributed by atoms with Crippen molar-refractivity contribution in [3.8, 4) is 0 Å². The van der Waals surface area contributed by atoms with Crippen LogP contribution in [0, 0.1) is 0 Å². The Kier molecular flexibility index (Phi) is 6.46. The van der Waals surface area contributed by atoms with Crippen LogP contribution < -0.4 is 15.5 Å². The predicted molar refractivity (Wildman–Crippen MR) is 85.0 cm³/mol. The second kappa shape index (κ2) is 8.61. The first-order chi connectivity index (χ1) is 10.3. The molecule has 1 fully saturated rings. The Bertz CT molecular complexity index is 422. The highest BCUT2D eigenvalue weighted by Gasteiger charge is 2.17. The monoisotopic (exact) mass is 294 g/mol. The van der Waals surface area contributed by atoms with E-state index >= 15 is 0 Å². The van der Waals surface area contributed by atoms with E-state index in [0.717, 1.165) is 51.6 Å². The fourth-order valence-electron chi connectivity index (χ4n) is 2.23. The Morgan fingerprint density at radius 2 is 1.71 bits per heavy atom. The number of nitrogens with zero attached hydrogens (tertiary/aromatic N) is 4. The van der Waals surface area contributed by atoms with Gasteiger partial charge in [0, 0.05) is 39.9 Å². The largest absolute Gasteiger partial charge is 0.385 e. The van der Waals surface area contributed by atoms with Gasteiger partial charge in [0.15, 0.2) is 0 Å².